The van der Waals surface area contributed by atoms with Crippen LogP contribution in [0.25, 0.3) is 21.6 Å². The van der Waals surface area contributed by atoms with Crippen LogP contribution in [0.5, 0.6) is 5.75 Å². The van der Waals surface area contributed by atoms with E-state index in [1.165, 1.54) is 0 Å². The van der Waals surface area contributed by atoms with E-state index < -0.39 is 5.97 Å². The standard InChI is InChI=1S/C25H19BrO3S/c26-20-10-11-23(29-16-18-4-2-1-3-5-18)22(15-20)21-12-13-30-25(21)19-8-6-17(7-9-19)14-24(27)28/h1-13,15H,14,16H2,(H,27,28). The van der Waals surface area contributed by atoms with Crippen LogP contribution in [0.1, 0.15) is 11.1 Å². The van der Waals surface area contributed by atoms with E-state index in [0.29, 0.717) is 6.61 Å². The molecule has 0 aliphatic rings. The minimum Gasteiger partial charge on any atom is -0.488 e. The van der Waals surface area contributed by atoms with Gasteiger partial charge in [0.05, 0.1) is 6.42 Å². The summed E-state index contributed by atoms with van der Waals surface area (Å²) in [5, 5.41) is 11.1. The normalized spacial score (nSPS) is 10.7. The van der Waals surface area contributed by atoms with Crippen LogP contribution in [-0.2, 0) is 17.8 Å². The van der Waals surface area contributed by atoms with Crippen molar-refractivity contribution in [2.45, 2.75) is 13.0 Å². The van der Waals surface area contributed by atoms with Gasteiger partial charge in [-0.3, -0.25) is 4.79 Å². The van der Waals surface area contributed by atoms with E-state index >= 15 is 0 Å². The molecule has 0 aliphatic carbocycles. The minimum atomic E-state index is -0.825. The number of carbonyl (C=O) groups is 1. The van der Waals surface area contributed by atoms with Crippen LogP contribution in [0, 0.1) is 0 Å². The quantitative estimate of drug-likeness (QED) is 0.309. The van der Waals surface area contributed by atoms with Crippen molar-refractivity contribution >= 4 is 33.2 Å². The lowest BCUT2D eigenvalue weighted by molar-refractivity contribution is -0.136. The molecule has 5 heteroatoms. The summed E-state index contributed by atoms with van der Waals surface area (Å²) in [6.45, 7) is 0.499. The molecule has 0 saturated heterocycles. The molecule has 1 N–H and O–H groups in total. The van der Waals surface area contributed by atoms with E-state index in [0.717, 1.165) is 42.9 Å². The summed E-state index contributed by atoms with van der Waals surface area (Å²) >= 11 is 5.24. The van der Waals surface area contributed by atoms with Gasteiger partial charge in [0.1, 0.15) is 12.4 Å². The Kier molecular flexibility index (Phi) is 6.31. The van der Waals surface area contributed by atoms with Gasteiger partial charge in [-0.25, -0.2) is 0 Å². The summed E-state index contributed by atoms with van der Waals surface area (Å²) in [5.74, 6) is -0.00175. The molecule has 0 spiro atoms. The average molecular weight is 479 g/mol. The van der Waals surface area contributed by atoms with E-state index in [4.69, 9.17) is 9.84 Å². The molecule has 0 unspecified atom stereocenters. The van der Waals surface area contributed by atoms with Crippen molar-refractivity contribution in [1.29, 1.82) is 0 Å². The Labute approximate surface area is 187 Å². The van der Waals surface area contributed by atoms with Gasteiger partial charge in [0, 0.05) is 20.5 Å². The molecule has 0 aliphatic heterocycles. The van der Waals surface area contributed by atoms with Gasteiger partial charge in [0.2, 0.25) is 0 Å². The Morgan fingerprint density at radius 3 is 2.40 bits per heavy atom. The Morgan fingerprint density at radius 2 is 1.67 bits per heavy atom. The third-order valence-corrected chi connectivity index (χ3v) is 6.16. The summed E-state index contributed by atoms with van der Waals surface area (Å²) in [4.78, 5) is 12.1. The third kappa shape index (κ3) is 4.81. The van der Waals surface area contributed by atoms with Crippen molar-refractivity contribution in [2.24, 2.45) is 0 Å². The van der Waals surface area contributed by atoms with Crippen LogP contribution in [0.15, 0.2) is 88.7 Å². The first-order chi connectivity index (χ1) is 14.6. The Bertz CT molecular complexity index is 1150. The van der Waals surface area contributed by atoms with Gasteiger partial charge in [-0.05, 0) is 46.3 Å². The molecule has 0 radical (unpaired) electrons. The number of carboxylic acid groups (broad SMARTS) is 1. The highest BCUT2D eigenvalue weighted by Crippen LogP contribution is 2.42. The number of rotatable bonds is 7. The predicted molar refractivity (Wildman–Crippen MR) is 125 cm³/mol. The lowest BCUT2D eigenvalue weighted by Gasteiger charge is -2.13. The van der Waals surface area contributed by atoms with Gasteiger partial charge >= 0.3 is 5.97 Å². The van der Waals surface area contributed by atoms with Gasteiger partial charge in [-0.15, -0.1) is 11.3 Å². The largest absolute Gasteiger partial charge is 0.488 e. The molecular formula is C25H19BrO3S. The Hall–Kier alpha value is -2.89. The van der Waals surface area contributed by atoms with Crippen molar-refractivity contribution in [2.75, 3.05) is 0 Å². The first-order valence-corrected chi connectivity index (χ1v) is 11.1. The number of ether oxygens (including phenoxy) is 1. The van der Waals surface area contributed by atoms with Crippen molar-refractivity contribution in [3.8, 4) is 27.3 Å². The van der Waals surface area contributed by atoms with Gasteiger partial charge in [-0.1, -0.05) is 70.5 Å². The maximum atomic E-state index is 10.9. The van der Waals surface area contributed by atoms with Crippen molar-refractivity contribution in [3.63, 3.8) is 0 Å². The molecular weight excluding hydrogens is 460 g/mol. The van der Waals surface area contributed by atoms with Crippen molar-refractivity contribution < 1.29 is 14.6 Å². The first-order valence-electron chi connectivity index (χ1n) is 9.45. The molecule has 0 fully saturated rings. The molecule has 4 rings (SSSR count). The summed E-state index contributed by atoms with van der Waals surface area (Å²) in [7, 11) is 0. The molecule has 4 aromatic rings. The molecule has 150 valence electrons. The lowest BCUT2D eigenvalue weighted by atomic mass is 10.0. The fourth-order valence-corrected chi connectivity index (χ4v) is 4.55. The fraction of sp³-hybridized carbons (Fsp3) is 0.0800. The molecule has 3 nitrogen and oxygen atoms in total. The lowest BCUT2D eigenvalue weighted by Crippen LogP contribution is -1.99. The van der Waals surface area contributed by atoms with Gasteiger partial charge in [-0.2, -0.15) is 0 Å². The highest BCUT2D eigenvalue weighted by atomic mass is 79.9. The minimum absolute atomic E-state index is 0.0285. The zero-order valence-corrected chi connectivity index (χ0v) is 18.4. The topological polar surface area (TPSA) is 46.5 Å². The number of hydrogen-bond donors (Lipinski definition) is 1. The van der Waals surface area contributed by atoms with Crippen LogP contribution in [0.2, 0.25) is 0 Å². The summed E-state index contributed by atoms with van der Waals surface area (Å²) in [5.41, 5.74) is 5.08. The van der Waals surface area contributed by atoms with Crippen LogP contribution in [0.4, 0.5) is 0 Å². The molecule has 30 heavy (non-hydrogen) atoms. The van der Waals surface area contributed by atoms with E-state index in [9.17, 15) is 4.79 Å². The third-order valence-electron chi connectivity index (χ3n) is 4.71. The summed E-state index contributed by atoms with van der Waals surface area (Å²) in [6, 6.07) is 26.0. The maximum Gasteiger partial charge on any atom is 0.307 e. The fourth-order valence-electron chi connectivity index (χ4n) is 3.27. The molecule has 1 aromatic heterocycles. The second-order valence-electron chi connectivity index (χ2n) is 6.85. The molecule has 1 heterocycles. The van der Waals surface area contributed by atoms with Crippen molar-refractivity contribution in [1.82, 2.24) is 0 Å². The maximum absolute atomic E-state index is 10.9. The number of halogens is 1. The zero-order valence-electron chi connectivity index (χ0n) is 16.0. The summed E-state index contributed by atoms with van der Waals surface area (Å²) < 4.78 is 7.16. The molecule has 0 saturated carbocycles. The average Bonchev–Trinajstić information content (AvgIpc) is 3.23. The SMILES string of the molecule is O=C(O)Cc1ccc(-c2sccc2-c2cc(Br)ccc2OCc2ccccc2)cc1. The predicted octanol–water partition coefficient (Wildman–Crippen LogP) is 7.05. The first kappa shape index (κ1) is 20.4. The zero-order chi connectivity index (χ0) is 20.9. The van der Waals surface area contributed by atoms with Gasteiger partial charge in [0.15, 0.2) is 0 Å². The van der Waals surface area contributed by atoms with Crippen LogP contribution in [0.3, 0.4) is 0 Å². The van der Waals surface area contributed by atoms with Crippen LogP contribution in [-0.4, -0.2) is 11.1 Å². The van der Waals surface area contributed by atoms with E-state index in [1.54, 1.807) is 11.3 Å². The highest BCUT2D eigenvalue weighted by molar-refractivity contribution is 9.10. The second-order valence-corrected chi connectivity index (χ2v) is 8.68. The van der Waals surface area contributed by atoms with E-state index in [1.807, 2.05) is 66.7 Å². The number of hydrogen-bond acceptors (Lipinski definition) is 3. The number of aliphatic carboxylic acids is 1. The monoisotopic (exact) mass is 478 g/mol. The van der Waals surface area contributed by atoms with E-state index in [-0.39, 0.29) is 6.42 Å². The van der Waals surface area contributed by atoms with Gasteiger partial charge < -0.3 is 9.84 Å². The molecule has 0 amide bonds. The number of thiophene rings is 1. The van der Waals surface area contributed by atoms with Gasteiger partial charge in [0.25, 0.3) is 0 Å². The van der Waals surface area contributed by atoms with Crippen LogP contribution >= 0.6 is 27.3 Å². The smallest absolute Gasteiger partial charge is 0.307 e. The molecule has 3 aromatic carbocycles. The molecule has 0 bridgehead atoms. The second kappa shape index (κ2) is 9.28. The Balaban J connectivity index is 1.66. The number of benzene rings is 3. The van der Waals surface area contributed by atoms with E-state index in [2.05, 4.69) is 33.4 Å². The Morgan fingerprint density at radius 1 is 0.900 bits per heavy atom. The highest BCUT2D eigenvalue weighted by Gasteiger charge is 2.15. The van der Waals surface area contributed by atoms with Crippen LogP contribution < -0.4 is 4.74 Å². The summed E-state index contributed by atoms with van der Waals surface area (Å²) in [6.07, 6.45) is 0.0285. The number of carboxylic acids is 1. The van der Waals surface area contributed by atoms with Crippen molar-refractivity contribution in [3.05, 3.63) is 99.8 Å². The molecule has 0 atom stereocenters.